The fraction of sp³-hybridized carbons (Fsp3) is 0.619. The second-order valence-corrected chi connectivity index (χ2v) is 8.89. The van der Waals surface area contributed by atoms with Gasteiger partial charge in [0.1, 0.15) is 6.54 Å². The number of nitrogens with one attached hydrogen (secondary N) is 1. The van der Waals surface area contributed by atoms with Crippen molar-refractivity contribution in [3.63, 3.8) is 0 Å². The number of ether oxygens (including phenoxy) is 1. The van der Waals surface area contributed by atoms with Crippen LogP contribution < -0.4 is 5.32 Å². The molecular weight excluding hydrogens is 384 g/mol. The number of piperidine rings is 1. The van der Waals surface area contributed by atoms with Gasteiger partial charge < -0.3 is 15.0 Å². The van der Waals surface area contributed by atoms with E-state index in [0.29, 0.717) is 31.4 Å². The Kier molecular flexibility index (Phi) is 4.65. The molecule has 2 aromatic heterocycles. The van der Waals surface area contributed by atoms with Gasteiger partial charge in [0.15, 0.2) is 5.69 Å². The van der Waals surface area contributed by atoms with E-state index in [1.54, 1.807) is 10.9 Å². The Bertz CT molecular complexity index is 981. The molecule has 1 aliphatic carbocycles. The van der Waals surface area contributed by atoms with Crippen LogP contribution in [0.3, 0.4) is 0 Å². The largest absolute Gasteiger partial charge is 0.370 e. The van der Waals surface area contributed by atoms with Crippen molar-refractivity contribution in [1.29, 1.82) is 0 Å². The SMILES string of the molecule is Cc1cnn(CC(=O)N2CCC3(CC2)Cc2c(c(C(=O)NC4CC4)nn2C)CO3)c1. The van der Waals surface area contributed by atoms with E-state index >= 15 is 0 Å². The summed E-state index contributed by atoms with van der Waals surface area (Å²) in [4.78, 5) is 27.1. The number of hydrogen-bond donors (Lipinski definition) is 1. The number of aryl methyl sites for hydroxylation is 2. The maximum atomic E-state index is 12.6. The molecule has 2 aromatic rings. The number of carbonyl (C=O) groups excluding carboxylic acids is 2. The molecule has 1 spiro atoms. The van der Waals surface area contributed by atoms with Crippen LogP contribution in [-0.4, -0.2) is 61.0 Å². The van der Waals surface area contributed by atoms with Crippen molar-refractivity contribution in [2.24, 2.45) is 7.05 Å². The number of hydrogen-bond acceptors (Lipinski definition) is 5. The molecule has 2 aliphatic heterocycles. The van der Waals surface area contributed by atoms with Gasteiger partial charge in [-0.25, -0.2) is 0 Å². The van der Waals surface area contributed by atoms with Gasteiger partial charge >= 0.3 is 0 Å². The van der Waals surface area contributed by atoms with Crippen molar-refractivity contribution >= 4 is 11.8 Å². The summed E-state index contributed by atoms with van der Waals surface area (Å²) in [7, 11) is 1.90. The summed E-state index contributed by atoms with van der Waals surface area (Å²) in [6, 6.07) is 0.304. The predicted octanol–water partition coefficient (Wildman–Crippen LogP) is 0.951. The van der Waals surface area contributed by atoms with Gasteiger partial charge in [0.25, 0.3) is 5.91 Å². The fourth-order valence-corrected chi connectivity index (χ4v) is 4.50. The molecule has 30 heavy (non-hydrogen) atoms. The molecule has 4 heterocycles. The number of rotatable bonds is 4. The topological polar surface area (TPSA) is 94.3 Å². The van der Waals surface area contributed by atoms with Gasteiger partial charge in [0.05, 0.1) is 18.4 Å². The standard InChI is InChI=1S/C21H28N6O3/c1-14-10-22-27(11-14)12-18(28)26-7-5-21(6-8-26)9-17-16(13-30-21)19(24-25(17)2)20(29)23-15-3-4-15/h10-11,15H,3-9,12-13H2,1-2H3,(H,23,29). The van der Waals surface area contributed by atoms with E-state index in [4.69, 9.17) is 4.74 Å². The lowest BCUT2D eigenvalue weighted by Gasteiger charge is -2.43. The summed E-state index contributed by atoms with van der Waals surface area (Å²) in [6.07, 6.45) is 8.04. The van der Waals surface area contributed by atoms with Crippen LogP contribution in [0.2, 0.25) is 0 Å². The number of amides is 2. The summed E-state index contributed by atoms with van der Waals surface area (Å²) in [6.45, 7) is 3.97. The maximum Gasteiger partial charge on any atom is 0.272 e. The molecule has 2 fully saturated rings. The van der Waals surface area contributed by atoms with E-state index in [1.807, 2.05) is 29.7 Å². The van der Waals surface area contributed by atoms with Gasteiger partial charge in [0.2, 0.25) is 5.91 Å². The average molecular weight is 412 g/mol. The molecule has 2 amide bonds. The van der Waals surface area contributed by atoms with E-state index in [0.717, 1.165) is 48.9 Å². The van der Waals surface area contributed by atoms with E-state index in [2.05, 4.69) is 15.5 Å². The number of likely N-dealkylation sites (tertiary alicyclic amines) is 1. The minimum Gasteiger partial charge on any atom is -0.370 e. The third-order valence-electron chi connectivity index (χ3n) is 6.50. The van der Waals surface area contributed by atoms with Gasteiger partial charge in [-0.2, -0.15) is 10.2 Å². The second kappa shape index (κ2) is 7.23. The van der Waals surface area contributed by atoms with Gasteiger partial charge in [-0.3, -0.25) is 19.0 Å². The first kappa shape index (κ1) is 19.3. The molecule has 0 unspecified atom stereocenters. The Morgan fingerprint density at radius 1 is 1.30 bits per heavy atom. The Hall–Kier alpha value is -2.68. The molecule has 1 N–H and O–H groups in total. The zero-order valence-corrected chi connectivity index (χ0v) is 17.6. The first-order valence-electron chi connectivity index (χ1n) is 10.7. The highest BCUT2D eigenvalue weighted by atomic mass is 16.5. The third kappa shape index (κ3) is 3.62. The Morgan fingerprint density at radius 2 is 2.07 bits per heavy atom. The molecule has 0 atom stereocenters. The minimum absolute atomic E-state index is 0.0871. The molecule has 0 bridgehead atoms. The number of aromatic nitrogens is 4. The van der Waals surface area contributed by atoms with Crippen molar-refractivity contribution < 1.29 is 14.3 Å². The van der Waals surface area contributed by atoms with Crippen LogP contribution in [0.25, 0.3) is 0 Å². The smallest absolute Gasteiger partial charge is 0.272 e. The van der Waals surface area contributed by atoms with Crippen LogP contribution in [0.1, 0.15) is 53.0 Å². The quantitative estimate of drug-likeness (QED) is 0.807. The lowest BCUT2D eigenvalue weighted by atomic mass is 9.83. The Balaban J connectivity index is 1.23. The summed E-state index contributed by atoms with van der Waals surface area (Å²) in [5.74, 6) is -0.00723. The summed E-state index contributed by atoms with van der Waals surface area (Å²) < 4.78 is 9.84. The van der Waals surface area contributed by atoms with Crippen LogP contribution in [0.4, 0.5) is 0 Å². The average Bonchev–Trinajstić information content (AvgIpc) is 3.36. The van der Waals surface area contributed by atoms with E-state index in [-0.39, 0.29) is 24.0 Å². The third-order valence-corrected chi connectivity index (χ3v) is 6.50. The monoisotopic (exact) mass is 412 g/mol. The summed E-state index contributed by atoms with van der Waals surface area (Å²) >= 11 is 0. The maximum absolute atomic E-state index is 12.6. The van der Waals surface area contributed by atoms with Gasteiger partial charge in [0, 0.05) is 50.1 Å². The molecule has 1 saturated carbocycles. The zero-order valence-electron chi connectivity index (χ0n) is 17.6. The lowest BCUT2D eigenvalue weighted by molar-refractivity contribution is -0.142. The molecule has 9 nitrogen and oxygen atoms in total. The van der Waals surface area contributed by atoms with Gasteiger partial charge in [-0.1, -0.05) is 0 Å². The summed E-state index contributed by atoms with van der Waals surface area (Å²) in [5.41, 5.74) is 3.25. The predicted molar refractivity (Wildman–Crippen MR) is 108 cm³/mol. The highest BCUT2D eigenvalue weighted by Gasteiger charge is 2.42. The number of carbonyl (C=O) groups is 2. The fourth-order valence-electron chi connectivity index (χ4n) is 4.50. The molecule has 5 rings (SSSR count). The molecule has 1 saturated heterocycles. The highest BCUT2D eigenvalue weighted by Crippen LogP contribution is 2.37. The molecule has 160 valence electrons. The van der Waals surface area contributed by atoms with Crippen molar-refractivity contribution in [2.75, 3.05) is 13.1 Å². The number of nitrogens with zero attached hydrogens (tertiary/aromatic N) is 5. The molecule has 0 aromatic carbocycles. The Labute approximate surface area is 175 Å². The van der Waals surface area contributed by atoms with Crippen LogP contribution in [-0.2, 0) is 36.2 Å². The molecule has 3 aliphatic rings. The normalized spacial score (nSPS) is 20.3. The zero-order chi connectivity index (χ0) is 20.9. The first-order valence-corrected chi connectivity index (χ1v) is 10.7. The van der Waals surface area contributed by atoms with E-state index in [9.17, 15) is 9.59 Å². The van der Waals surface area contributed by atoms with Crippen molar-refractivity contribution in [3.05, 3.63) is 34.9 Å². The molecule has 0 radical (unpaired) electrons. The van der Waals surface area contributed by atoms with Crippen LogP contribution in [0.5, 0.6) is 0 Å². The van der Waals surface area contributed by atoms with E-state index in [1.165, 1.54) is 0 Å². The van der Waals surface area contributed by atoms with Crippen molar-refractivity contribution in [2.45, 2.75) is 63.8 Å². The van der Waals surface area contributed by atoms with Crippen molar-refractivity contribution in [3.8, 4) is 0 Å². The minimum atomic E-state index is -0.288. The van der Waals surface area contributed by atoms with Crippen LogP contribution in [0.15, 0.2) is 12.4 Å². The summed E-state index contributed by atoms with van der Waals surface area (Å²) in [5, 5.41) is 11.7. The van der Waals surface area contributed by atoms with Crippen LogP contribution >= 0.6 is 0 Å². The highest BCUT2D eigenvalue weighted by molar-refractivity contribution is 5.94. The van der Waals surface area contributed by atoms with E-state index < -0.39 is 0 Å². The Morgan fingerprint density at radius 3 is 2.73 bits per heavy atom. The lowest BCUT2D eigenvalue weighted by Crippen LogP contribution is -2.51. The van der Waals surface area contributed by atoms with Gasteiger partial charge in [-0.15, -0.1) is 0 Å². The molecular formula is C21H28N6O3. The first-order chi connectivity index (χ1) is 14.4. The number of fused-ring (bicyclic) bond motifs is 1. The van der Waals surface area contributed by atoms with Crippen molar-refractivity contribution in [1.82, 2.24) is 29.8 Å². The van der Waals surface area contributed by atoms with Crippen LogP contribution in [0, 0.1) is 6.92 Å². The second-order valence-electron chi connectivity index (χ2n) is 8.89. The van der Waals surface area contributed by atoms with Gasteiger partial charge in [-0.05, 0) is 38.2 Å². The molecule has 9 heteroatoms.